The fraction of sp³-hybridized carbons (Fsp3) is 0.200. The van der Waals surface area contributed by atoms with Gasteiger partial charge in [0.1, 0.15) is 11.3 Å². The lowest BCUT2D eigenvalue weighted by Gasteiger charge is -1.93. The van der Waals surface area contributed by atoms with Crippen molar-refractivity contribution >= 4 is 65.7 Å². The molecule has 5 heterocycles. The van der Waals surface area contributed by atoms with E-state index in [9.17, 15) is 0 Å². The van der Waals surface area contributed by atoms with Crippen molar-refractivity contribution in [2.24, 2.45) is 7.05 Å². The first-order valence-corrected chi connectivity index (χ1v) is 19.2. The van der Waals surface area contributed by atoms with E-state index in [4.69, 9.17) is 8.94 Å². The molecule has 0 bridgehead atoms. The highest BCUT2D eigenvalue weighted by atomic mass is 32.1. The minimum atomic E-state index is 0.723. The van der Waals surface area contributed by atoms with Crippen molar-refractivity contribution in [3.63, 3.8) is 0 Å². The maximum absolute atomic E-state index is 5.26. The van der Waals surface area contributed by atoms with Gasteiger partial charge in [-0.3, -0.25) is 9.97 Å². The number of imidazole rings is 1. The number of fused-ring (bicyclic) bond motifs is 5. The van der Waals surface area contributed by atoms with E-state index in [0.29, 0.717) is 0 Å². The first kappa shape index (κ1) is 41.5. The Balaban J connectivity index is 0.000000149. The fourth-order valence-corrected chi connectivity index (χ4v) is 5.99. The predicted molar refractivity (Wildman–Crippen MR) is 230 cm³/mol. The molecule has 0 fully saturated rings. The summed E-state index contributed by atoms with van der Waals surface area (Å²) in [6, 6.07) is 39.7. The Kier molecular flexibility index (Phi) is 16.2. The summed E-state index contributed by atoms with van der Waals surface area (Å²) in [7, 11) is 2.03. The fourth-order valence-electron chi connectivity index (χ4n) is 5.16. The van der Waals surface area contributed by atoms with Gasteiger partial charge in [-0.2, -0.15) is 0 Å². The molecule has 10 rings (SSSR count). The number of aromatic nitrogens is 7. The van der Waals surface area contributed by atoms with Crippen LogP contribution in [-0.2, 0) is 7.05 Å². The molecule has 0 radical (unpaired) electrons. The van der Waals surface area contributed by atoms with Gasteiger partial charge in [0.25, 0.3) is 0 Å². The molecule has 10 aromatic rings. The molecule has 9 nitrogen and oxygen atoms in total. The average Bonchev–Trinajstić information content (AvgIpc) is 4.00. The van der Waals surface area contributed by atoms with E-state index in [1.54, 1.807) is 23.7 Å². The average molecular weight is 752 g/mol. The molecule has 0 N–H and O–H groups in total. The lowest BCUT2D eigenvalue weighted by molar-refractivity contribution is 0.450. The second-order valence-corrected chi connectivity index (χ2v) is 12.7. The topological polar surface area (TPSA) is 109 Å². The van der Waals surface area contributed by atoms with E-state index in [1.807, 2.05) is 172 Å². The Hall–Kier alpha value is -6.26. The molecule has 0 saturated carbocycles. The van der Waals surface area contributed by atoms with Crippen molar-refractivity contribution in [2.45, 2.75) is 55.4 Å². The summed E-state index contributed by atoms with van der Waals surface area (Å²) in [6.07, 6.45) is 3.39. The number of hydrogen-bond acceptors (Lipinski definition) is 9. The summed E-state index contributed by atoms with van der Waals surface area (Å²) in [5.41, 5.74) is 8.90. The van der Waals surface area contributed by atoms with Gasteiger partial charge in [-0.15, -0.1) is 11.3 Å². The van der Waals surface area contributed by atoms with Gasteiger partial charge in [0.15, 0.2) is 17.1 Å². The van der Waals surface area contributed by atoms with Crippen LogP contribution in [0, 0.1) is 27.7 Å². The number of hydrogen-bond donors (Lipinski definition) is 0. The summed E-state index contributed by atoms with van der Waals surface area (Å²) in [5, 5.41) is 6.06. The standard InChI is InChI=1S/C9H10N2.C8H6N2.2C8H7NO.C8H7NS.2C2H6/c1-7-10-8-5-3-4-6-9(8)11(7)2;1-2-4-8-7(3-1)9-5-6-10-8;1-6-9-7-4-2-3-5-8(7)10-6;1-6-7-4-2-3-5-8(7)10-9-6;1-6-9-7-4-2-3-5-8(7)10-6;2*1-2/h3-6H,1-2H3;1-6H;3*2-5H,1H3;2*1-2H3. The third-order valence-electron chi connectivity index (χ3n) is 7.75. The van der Waals surface area contributed by atoms with Crippen LogP contribution < -0.4 is 0 Å². The summed E-state index contributed by atoms with van der Waals surface area (Å²) in [6.45, 7) is 15.8. The molecule has 0 amide bonds. The number of para-hydroxylation sites is 8. The first-order valence-electron chi connectivity index (χ1n) is 18.3. The van der Waals surface area contributed by atoms with E-state index in [-0.39, 0.29) is 0 Å². The van der Waals surface area contributed by atoms with Crippen LogP contribution >= 0.6 is 11.3 Å². The molecule has 282 valence electrons. The zero-order valence-electron chi connectivity index (χ0n) is 33.1. The molecule has 10 heteroatoms. The number of aryl methyl sites for hydroxylation is 5. The number of thiazole rings is 1. The van der Waals surface area contributed by atoms with Crippen LogP contribution in [0.1, 0.15) is 50.1 Å². The summed E-state index contributed by atoms with van der Waals surface area (Å²) >= 11 is 1.74. The Morgan fingerprint density at radius 1 is 0.527 bits per heavy atom. The number of benzene rings is 5. The SMILES string of the molecule is CC.CC.Cc1nc2ccccc2n1C.Cc1nc2ccccc2o1.Cc1nc2ccccc2s1.Cc1noc2ccccc12.c1ccc2nccnc2c1. The van der Waals surface area contributed by atoms with Crippen molar-refractivity contribution < 1.29 is 8.94 Å². The third kappa shape index (κ3) is 11.6. The molecule has 0 spiro atoms. The van der Waals surface area contributed by atoms with Gasteiger partial charge in [-0.1, -0.05) is 93.5 Å². The van der Waals surface area contributed by atoms with E-state index < -0.39 is 0 Å². The van der Waals surface area contributed by atoms with Crippen molar-refractivity contribution in [2.75, 3.05) is 0 Å². The third-order valence-corrected chi connectivity index (χ3v) is 8.70. The first-order chi connectivity index (χ1) is 26.9. The molecular formula is C45H49N7O2S. The normalized spacial score (nSPS) is 9.91. The van der Waals surface area contributed by atoms with Gasteiger partial charge in [0.2, 0.25) is 0 Å². The highest BCUT2D eigenvalue weighted by molar-refractivity contribution is 7.18. The minimum Gasteiger partial charge on any atom is -0.441 e. The molecule has 0 aliphatic carbocycles. The van der Waals surface area contributed by atoms with Crippen molar-refractivity contribution in [3.05, 3.63) is 156 Å². The van der Waals surface area contributed by atoms with E-state index in [2.05, 4.69) is 46.8 Å². The molecule has 5 aromatic heterocycles. The molecule has 55 heavy (non-hydrogen) atoms. The Morgan fingerprint density at radius 3 is 1.65 bits per heavy atom. The van der Waals surface area contributed by atoms with Crippen molar-refractivity contribution in [3.8, 4) is 0 Å². The van der Waals surface area contributed by atoms with Gasteiger partial charge in [-0.05, 0) is 81.4 Å². The Bertz CT molecular complexity index is 2420. The van der Waals surface area contributed by atoms with Gasteiger partial charge in [0, 0.05) is 31.8 Å². The van der Waals surface area contributed by atoms with Gasteiger partial charge in [0.05, 0.1) is 43.0 Å². The monoisotopic (exact) mass is 751 g/mol. The number of rotatable bonds is 0. The molecular weight excluding hydrogens is 703 g/mol. The predicted octanol–water partition coefficient (Wildman–Crippen LogP) is 12.4. The number of nitrogens with zero attached hydrogens (tertiary/aromatic N) is 7. The van der Waals surface area contributed by atoms with Crippen LogP contribution in [0.15, 0.2) is 143 Å². The van der Waals surface area contributed by atoms with Crippen LogP contribution in [0.3, 0.4) is 0 Å². The van der Waals surface area contributed by atoms with E-state index in [1.165, 1.54) is 10.2 Å². The lowest BCUT2D eigenvalue weighted by Crippen LogP contribution is -1.89. The van der Waals surface area contributed by atoms with Gasteiger partial charge in [-0.25, -0.2) is 15.0 Å². The Morgan fingerprint density at radius 2 is 1.05 bits per heavy atom. The maximum atomic E-state index is 5.26. The maximum Gasteiger partial charge on any atom is 0.192 e. The molecule has 0 unspecified atom stereocenters. The van der Waals surface area contributed by atoms with Crippen LogP contribution in [0.4, 0.5) is 0 Å². The molecule has 5 aromatic carbocycles. The molecule has 0 atom stereocenters. The second kappa shape index (κ2) is 21.4. The zero-order chi connectivity index (χ0) is 39.6. The summed E-state index contributed by atoms with van der Waals surface area (Å²) in [5.74, 6) is 1.78. The van der Waals surface area contributed by atoms with Crippen molar-refractivity contribution in [1.82, 2.24) is 34.6 Å². The Labute approximate surface area is 326 Å². The smallest absolute Gasteiger partial charge is 0.192 e. The van der Waals surface area contributed by atoms with Crippen LogP contribution in [0.25, 0.3) is 54.4 Å². The van der Waals surface area contributed by atoms with Crippen LogP contribution in [0.2, 0.25) is 0 Å². The van der Waals surface area contributed by atoms with Crippen LogP contribution in [-0.4, -0.2) is 34.6 Å². The zero-order valence-corrected chi connectivity index (χ0v) is 33.9. The quantitative estimate of drug-likeness (QED) is 0.151. The summed E-state index contributed by atoms with van der Waals surface area (Å²) < 4.78 is 13.6. The summed E-state index contributed by atoms with van der Waals surface area (Å²) in [4.78, 5) is 21.1. The second-order valence-electron chi connectivity index (χ2n) is 11.4. The van der Waals surface area contributed by atoms with E-state index in [0.717, 1.165) is 66.6 Å². The largest absolute Gasteiger partial charge is 0.441 e. The van der Waals surface area contributed by atoms with Gasteiger partial charge < -0.3 is 13.5 Å². The van der Waals surface area contributed by atoms with E-state index >= 15 is 0 Å². The number of oxazole rings is 1. The molecule has 0 aliphatic rings. The highest BCUT2D eigenvalue weighted by Crippen LogP contribution is 2.20. The van der Waals surface area contributed by atoms with Crippen molar-refractivity contribution in [1.29, 1.82) is 0 Å². The van der Waals surface area contributed by atoms with Gasteiger partial charge >= 0.3 is 0 Å². The highest BCUT2D eigenvalue weighted by Gasteiger charge is 2.01. The lowest BCUT2D eigenvalue weighted by atomic mass is 10.2. The van der Waals surface area contributed by atoms with Crippen LogP contribution in [0.5, 0.6) is 0 Å². The molecule has 0 saturated heterocycles. The minimum absolute atomic E-state index is 0.723. The molecule has 0 aliphatic heterocycles.